The van der Waals surface area contributed by atoms with Gasteiger partial charge in [-0.25, -0.2) is 0 Å². The number of hydrogen-bond donors (Lipinski definition) is 4. The van der Waals surface area contributed by atoms with E-state index < -0.39 is 0 Å². The van der Waals surface area contributed by atoms with Crippen LogP contribution in [0.4, 0.5) is 22.7 Å². The van der Waals surface area contributed by atoms with Gasteiger partial charge in [0.25, 0.3) is 11.8 Å². The fourth-order valence-corrected chi connectivity index (χ4v) is 5.08. The highest BCUT2D eigenvalue weighted by Gasteiger charge is 2.24. The van der Waals surface area contributed by atoms with E-state index in [9.17, 15) is 9.59 Å². The van der Waals surface area contributed by atoms with Crippen molar-refractivity contribution in [3.63, 3.8) is 0 Å². The van der Waals surface area contributed by atoms with Crippen molar-refractivity contribution in [1.82, 2.24) is 14.8 Å². The highest BCUT2D eigenvalue weighted by Crippen LogP contribution is 2.35. The smallest absolute Gasteiger partial charge is 0.256 e. The van der Waals surface area contributed by atoms with Crippen molar-refractivity contribution in [2.45, 2.75) is 6.54 Å². The molecule has 0 atom stereocenters. The molecule has 40 heavy (non-hydrogen) atoms. The Morgan fingerprint density at radius 2 is 1.68 bits per heavy atom. The van der Waals surface area contributed by atoms with Crippen molar-refractivity contribution in [3.05, 3.63) is 107 Å². The Morgan fingerprint density at radius 3 is 2.45 bits per heavy atom. The Labute approximate surface area is 233 Å². The van der Waals surface area contributed by atoms with E-state index >= 15 is 0 Å². The molecule has 2 aliphatic rings. The summed E-state index contributed by atoms with van der Waals surface area (Å²) in [6, 6.07) is 25.0. The maximum Gasteiger partial charge on any atom is 0.256 e. The lowest BCUT2D eigenvalue weighted by Gasteiger charge is -2.32. The summed E-state index contributed by atoms with van der Waals surface area (Å²) in [6.45, 7) is 5.21. The molecule has 2 amide bonds. The number of aromatic amines is 1. The molecular weight excluding hydrogens is 500 g/mol. The molecule has 3 heterocycles. The molecule has 8 nitrogen and oxygen atoms in total. The predicted octanol–water partition coefficient (Wildman–Crippen LogP) is 5.25. The fourth-order valence-electron chi connectivity index (χ4n) is 5.08. The Hall–Kier alpha value is -4.66. The normalized spacial score (nSPS) is 16.5. The van der Waals surface area contributed by atoms with E-state index in [-0.39, 0.29) is 11.8 Å². The summed E-state index contributed by atoms with van der Waals surface area (Å²) in [4.78, 5) is 33.4. The van der Waals surface area contributed by atoms with Gasteiger partial charge >= 0.3 is 0 Å². The molecule has 3 aromatic carbocycles. The number of nitrogens with one attached hydrogen (secondary N) is 4. The first-order chi connectivity index (χ1) is 19.5. The molecule has 0 unspecified atom stereocenters. The first-order valence-electron chi connectivity index (χ1n) is 13.5. The van der Waals surface area contributed by atoms with Gasteiger partial charge < -0.3 is 25.8 Å². The molecule has 6 rings (SSSR count). The number of fused-ring (bicyclic) bond motifs is 1. The minimum atomic E-state index is -0.148. The van der Waals surface area contributed by atoms with Gasteiger partial charge in [-0.05, 0) is 73.3 Å². The van der Waals surface area contributed by atoms with Crippen LogP contribution in [0.2, 0.25) is 0 Å². The standard InChI is InChI=1S/C32H32N6O2/c1-37-14-16-38(17-15-37)21-22-7-9-23(10-8-22)31(39)35-26-5-2-4-25(18-26)34-27-11-12-28-29(19-24-6-3-13-33-24)32(40)36-30(28)20-27/h2-13,18-20,33-34H,14-17,21H2,1H3,(H,35,39)(H,36,40). The molecule has 1 fully saturated rings. The summed E-state index contributed by atoms with van der Waals surface area (Å²) in [6.07, 6.45) is 3.68. The van der Waals surface area contributed by atoms with Gasteiger partial charge in [0.2, 0.25) is 0 Å². The van der Waals surface area contributed by atoms with Crippen molar-refractivity contribution in [3.8, 4) is 0 Å². The van der Waals surface area contributed by atoms with Crippen LogP contribution in [0, 0.1) is 0 Å². The third kappa shape index (κ3) is 5.83. The van der Waals surface area contributed by atoms with E-state index in [0.29, 0.717) is 16.8 Å². The third-order valence-electron chi connectivity index (χ3n) is 7.35. The monoisotopic (exact) mass is 532 g/mol. The number of carbonyl (C=O) groups is 2. The van der Waals surface area contributed by atoms with Crippen molar-refractivity contribution < 1.29 is 9.59 Å². The molecule has 4 N–H and O–H groups in total. The molecule has 0 bridgehead atoms. The van der Waals surface area contributed by atoms with Crippen LogP contribution in [0.3, 0.4) is 0 Å². The van der Waals surface area contributed by atoms with Crippen LogP contribution in [0.1, 0.15) is 27.2 Å². The number of carbonyl (C=O) groups excluding carboxylic acids is 2. The molecule has 1 saturated heterocycles. The van der Waals surface area contributed by atoms with Crippen LogP contribution in [0.25, 0.3) is 11.6 Å². The minimum Gasteiger partial charge on any atom is -0.362 e. The minimum absolute atomic E-state index is 0.126. The number of anilines is 4. The largest absolute Gasteiger partial charge is 0.362 e. The molecular formula is C32H32N6O2. The summed E-state index contributed by atoms with van der Waals surface area (Å²) < 4.78 is 0. The number of H-pyrrole nitrogens is 1. The Morgan fingerprint density at radius 1 is 0.900 bits per heavy atom. The summed E-state index contributed by atoms with van der Waals surface area (Å²) >= 11 is 0. The Bertz CT molecular complexity index is 1550. The molecule has 4 aromatic rings. The van der Waals surface area contributed by atoms with Crippen molar-refractivity contribution in [2.24, 2.45) is 0 Å². The van der Waals surface area contributed by atoms with Crippen LogP contribution < -0.4 is 16.0 Å². The molecule has 0 saturated carbocycles. The number of hydrogen-bond acceptors (Lipinski definition) is 5. The lowest BCUT2D eigenvalue weighted by Crippen LogP contribution is -2.43. The highest BCUT2D eigenvalue weighted by molar-refractivity contribution is 6.35. The van der Waals surface area contributed by atoms with Crippen molar-refractivity contribution in [2.75, 3.05) is 49.2 Å². The van der Waals surface area contributed by atoms with Gasteiger partial charge in [0, 0.05) is 72.8 Å². The molecule has 8 heteroatoms. The van der Waals surface area contributed by atoms with Crippen LogP contribution >= 0.6 is 0 Å². The van der Waals surface area contributed by atoms with Gasteiger partial charge in [0.05, 0.1) is 11.3 Å². The quantitative estimate of drug-likeness (QED) is 0.244. The number of piperazine rings is 1. The second-order valence-electron chi connectivity index (χ2n) is 10.3. The van der Waals surface area contributed by atoms with Crippen LogP contribution in [-0.4, -0.2) is 59.8 Å². The number of likely N-dealkylation sites (N-methyl/N-ethyl adjacent to an activating group) is 1. The topological polar surface area (TPSA) is 92.5 Å². The molecule has 0 radical (unpaired) electrons. The van der Waals surface area contributed by atoms with Gasteiger partial charge in [-0.2, -0.15) is 0 Å². The van der Waals surface area contributed by atoms with E-state index in [0.717, 1.165) is 61.0 Å². The van der Waals surface area contributed by atoms with E-state index in [2.05, 4.69) is 37.8 Å². The SMILES string of the molecule is CN1CCN(Cc2ccc(C(=O)Nc3cccc(Nc4ccc5c(c4)NC(=O)C5=Cc4ccc[nH]4)c3)cc2)CC1. The summed E-state index contributed by atoms with van der Waals surface area (Å²) in [5, 5.41) is 9.32. The Kier molecular flexibility index (Phi) is 7.18. The average molecular weight is 533 g/mol. The Balaban J connectivity index is 1.09. The lowest BCUT2D eigenvalue weighted by molar-refractivity contribution is -0.110. The van der Waals surface area contributed by atoms with Gasteiger partial charge in [0.15, 0.2) is 0 Å². The summed E-state index contributed by atoms with van der Waals surface area (Å²) in [5.74, 6) is -0.274. The average Bonchev–Trinajstić information content (AvgIpc) is 3.58. The summed E-state index contributed by atoms with van der Waals surface area (Å²) in [7, 11) is 2.16. The highest BCUT2D eigenvalue weighted by atomic mass is 16.2. The van der Waals surface area contributed by atoms with E-state index in [1.54, 1.807) is 0 Å². The molecule has 0 spiro atoms. The maximum atomic E-state index is 12.9. The number of rotatable bonds is 7. The van der Waals surface area contributed by atoms with Crippen molar-refractivity contribution in [1.29, 1.82) is 0 Å². The molecule has 1 aromatic heterocycles. The predicted molar refractivity (Wildman–Crippen MR) is 161 cm³/mol. The second kappa shape index (κ2) is 11.2. The third-order valence-corrected chi connectivity index (χ3v) is 7.35. The molecule has 202 valence electrons. The molecule has 2 aliphatic heterocycles. The first kappa shape index (κ1) is 25.6. The van der Waals surface area contributed by atoms with Crippen LogP contribution in [0.15, 0.2) is 85.1 Å². The zero-order chi connectivity index (χ0) is 27.5. The van der Waals surface area contributed by atoms with Gasteiger partial charge in [-0.15, -0.1) is 0 Å². The summed E-state index contributed by atoms with van der Waals surface area (Å²) in [5.41, 5.74) is 7.31. The second-order valence-corrected chi connectivity index (χ2v) is 10.3. The molecule has 0 aliphatic carbocycles. The number of aromatic nitrogens is 1. The number of benzene rings is 3. The zero-order valence-electron chi connectivity index (χ0n) is 22.4. The van der Waals surface area contributed by atoms with E-state index in [1.807, 2.05) is 91.1 Å². The van der Waals surface area contributed by atoms with Gasteiger partial charge in [-0.3, -0.25) is 14.5 Å². The number of amides is 2. The zero-order valence-corrected chi connectivity index (χ0v) is 22.4. The van der Waals surface area contributed by atoms with Crippen LogP contribution in [0.5, 0.6) is 0 Å². The van der Waals surface area contributed by atoms with Crippen molar-refractivity contribution >= 4 is 46.2 Å². The van der Waals surface area contributed by atoms with E-state index in [1.165, 1.54) is 5.56 Å². The van der Waals surface area contributed by atoms with E-state index in [4.69, 9.17) is 0 Å². The fraction of sp³-hybridized carbons (Fsp3) is 0.188. The maximum absolute atomic E-state index is 12.9. The van der Waals surface area contributed by atoms with Crippen LogP contribution in [-0.2, 0) is 11.3 Å². The van der Waals surface area contributed by atoms with Gasteiger partial charge in [-0.1, -0.05) is 24.3 Å². The van der Waals surface area contributed by atoms with Gasteiger partial charge in [0.1, 0.15) is 0 Å². The number of nitrogens with zero attached hydrogens (tertiary/aromatic N) is 2. The first-order valence-corrected chi connectivity index (χ1v) is 13.5. The lowest BCUT2D eigenvalue weighted by atomic mass is 10.1.